The van der Waals surface area contributed by atoms with Crippen molar-refractivity contribution in [1.29, 1.82) is 0 Å². The molecule has 0 aliphatic heterocycles. The van der Waals surface area contributed by atoms with Crippen molar-refractivity contribution in [2.75, 3.05) is 7.11 Å². The molecule has 1 aliphatic rings. The van der Waals surface area contributed by atoms with E-state index in [9.17, 15) is 9.59 Å². The Bertz CT molecular complexity index is 544. The molecule has 4 heteroatoms. The minimum atomic E-state index is -0.282. The van der Waals surface area contributed by atoms with Crippen molar-refractivity contribution >= 4 is 31.2 Å². The van der Waals surface area contributed by atoms with Crippen molar-refractivity contribution in [3.63, 3.8) is 0 Å². The number of Topliss-reactive ketones (excluding diaryl/α,β-unsaturated/α-hetero) is 1. The van der Waals surface area contributed by atoms with Gasteiger partial charge in [0.25, 0.3) is 0 Å². The number of hydrogen-bond donors (Lipinski definition) is 0. The van der Waals surface area contributed by atoms with Crippen LogP contribution in [0.25, 0.3) is 0 Å². The van der Waals surface area contributed by atoms with Crippen molar-refractivity contribution in [3.05, 3.63) is 30.3 Å². The predicted octanol–water partition coefficient (Wildman–Crippen LogP) is 4.47. The normalized spacial score (nSPS) is 23.8. The van der Waals surface area contributed by atoms with Gasteiger partial charge in [0.1, 0.15) is 0 Å². The second kappa shape index (κ2) is 12.3. The number of carbonyl (C=O) groups is 2. The van der Waals surface area contributed by atoms with E-state index in [2.05, 4.69) is 12.1 Å². The SMILES string of the molecule is COC(=O)C1CCCCCCCCCCCC(=O)C1[Se]c1ccccc1. The van der Waals surface area contributed by atoms with Crippen molar-refractivity contribution in [2.45, 2.75) is 75.4 Å². The third-order valence-electron chi connectivity index (χ3n) is 5.13. The van der Waals surface area contributed by atoms with Crippen LogP contribution in [0.5, 0.6) is 0 Å². The molecule has 0 amide bonds. The molecule has 1 aromatic rings. The van der Waals surface area contributed by atoms with Gasteiger partial charge in [-0.05, 0) is 0 Å². The van der Waals surface area contributed by atoms with Crippen LogP contribution < -0.4 is 4.46 Å². The second-order valence-corrected chi connectivity index (χ2v) is 9.72. The zero-order valence-corrected chi connectivity index (χ0v) is 17.7. The predicted molar refractivity (Wildman–Crippen MR) is 107 cm³/mol. The Morgan fingerprint density at radius 1 is 0.923 bits per heavy atom. The summed E-state index contributed by atoms with van der Waals surface area (Å²) in [6, 6.07) is 10.2. The molecule has 0 radical (unpaired) electrons. The summed E-state index contributed by atoms with van der Waals surface area (Å²) in [5, 5.41) is 0. The summed E-state index contributed by atoms with van der Waals surface area (Å²) in [4.78, 5) is 25.3. The first-order chi connectivity index (χ1) is 12.7. The zero-order valence-electron chi connectivity index (χ0n) is 16.0. The van der Waals surface area contributed by atoms with Gasteiger partial charge in [0, 0.05) is 0 Å². The van der Waals surface area contributed by atoms with Crippen LogP contribution in [0, 0.1) is 5.92 Å². The number of esters is 1. The fourth-order valence-electron chi connectivity index (χ4n) is 3.61. The topological polar surface area (TPSA) is 43.4 Å². The molecule has 0 N–H and O–H groups in total. The Morgan fingerprint density at radius 3 is 2.12 bits per heavy atom. The number of ether oxygens (including phenoxy) is 1. The number of carbonyl (C=O) groups excluding carboxylic acids is 2. The van der Waals surface area contributed by atoms with Gasteiger partial charge in [0.15, 0.2) is 0 Å². The molecule has 2 atom stereocenters. The summed E-state index contributed by atoms with van der Waals surface area (Å²) >= 11 is -0.0335. The molecule has 144 valence electrons. The van der Waals surface area contributed by atoms with Gasteiger partial charge in [-0.1, -0.05) is 0 Å². The molecule has 1 aliphatic carbocycles. The first-order valence-electron chi connectivity index (χ1n) is 10.0. The number of rotatable bonds is 3. The molecule has 0 saturated heterocycles. The van der Waals surface area contributed by atoms with Gasteiger partial charge >= 0.3 is 164 Å². The first-order valence-corrected chi connectivity index (χ1v) is 11.9. The molecule has 0 heterocycles. The average Bonchev–Trinajstić information content (AvgIpc) is 2.67. The molecule has 1 fully saturated rings. The maximum atomic E-state index is 13.0. The number of benzene rings is 1. The molecular weight excluding hydrogens is 391 g/mol. The molecule has 2 unspecified atom stereocenters. The fourth-order valence-corrected chi connectivity index (χ4v) is 6.27. The van der Waals surface area contributed by atoms with Crippen LogP contribution >= 0.6 is 0 Å². The Balaban J connectivity index is 2.15. The third kappa shape index (κ3) is 7.25. The van der Waals surface area contributed by atoms with E-state index in [4.69, 9.17) is 4.74 Å². The van der Waals surface area contributed by atoms with Crippen molar-refractivity contribution in [1.82, 2.24) is 0 Å². The molecule has 26 heavy (non-hydrogen) atoms. The summed E-state index contributed by atoms with van der Waals surface area (Å²) < 4.78 is 6.28. The molecule has 0 bridgehead atoms. The van der Waals surface area contributed by atoms with Gasteiger partial charge in [0.2, 0.25) is 0 Å². The van der Waals surface area contributed by atoms with Crippen molar-refractivity contribution in [2.24, 2.45) is 5.92 Å². The van der Waals surface area contributed by atoms with Crippen LogP contribution in [0.3, 0.4) is 0 Å². The first kappa shape index (κ1) is 21.2. The van der Waals surface area contributed by atoms with Crippen LogP contribution in [-0.2, 0) is 14.3 Å². The zero-order chi connectivity index (χ0) is 18.6. The quantitative estimate of drug-likeness (QED) is 0.532. The van der Waals surface area contributed by atoms with Crippen molar-refractivity contribution in [3.8, 4) is 0 Å². The van der Waals surface area contributed by atoms with E-state index in [-0.39, 0.29) is 37.4 Å². The Kier molecular flexibility index (Phi) is 10.0. The van der Waals surface area contributed by atoms with Gasteiger partial charge in [-0.25, -0.2) is 0 Å². The monoisotopic (exact) mass is 424 g/mol. The second-order valence-electron chi connectivity index (χ2n) is 7.17. The summed E-state index contributed by atoms with van der Waals surface area (Å²) in [5.74, 6) is -0.217. The molecule has 0 spiro atoms. The van der Waals surface area contributed by atoms with Gasteiger partial charge in [-0.15, -0.1) is 0 Å². The molecule has 3 nitrogen and oxygen atoms in total. The maximum absolute atomic E-state index is 13.0. The molecular formula is C22H32O3Se. The number of ketones is 1. The summed E-state index contributed by atoms with van der Waals surface area (Å²) in [7, 11) is 1.45. The van der Waals surface area contributed by atoms with Crippen LogP contribution in [0.2, 0.25) is 4.82 Å². The van der Waals surface area contributed by atoms with Gasteiger partial charge < -0.3 is 0 Å². The summed E-state index contributed by atoms with van der Waals surface area (Å²) in [6.07, 6.45) is 11.9. The third-order valence-corrected chi connectivity index (χ3v) is 8.05. The van der Waals surface area contributed by atoms with E-state index < -0.39 is 0 Å². The summed E-state index contributed by atoms with van der Waals surface area (Å²) in [5.41, 5.74) is 0. The van der Waals surface area contributed by atoms with Crippen LogP contribution in [0.1, 0.15) is 70.6 Å². The number of hydrogen-bond acceptors (Lipinski definition) is 3. The molecule has 0 aromatic heterocycles. The van der Waals surface area contributed by atoms with Crippen LogP contribution in [0.4, 0.5) is 0 Å². The Labute approximate surface area is 164 Å². The van der Waals surface area contributed by atoms with E-state index in [0.717, 1.165) is 32.1 Å². The Hall–Kier alpha value is -1.12. The van der Waals surface area contributed by atoms with E-state index in [0.29, 0.717) is 6.42 Å². The molecule has 2 rings (SSSR count). The van der Waals surface area contributed by atoms with E-state index in [1.807, 2.05) is 18.2 Å². The van der Waals surface area contributed by atoms with Crippen LogP contribution in [0.15, 0.2) is 30.3 Å². The number of methoxy groups -OCH3 is 1. The van der Waals surface area contributed by atoms with Crippen LogP contribution in [-0.4, -0.2) is 33.8 Å². The van der Waals surface area contributed by atoms with E-state index in [1.165, 1.54) is 43.7 Å². The standard InChI is InChI=1S/C22H32O3Se/c1-25-22(24)19-16-12-7-5-3-2-4-6-8-13-17-20(23)21(19)26-18-14-10-9-11-15-18/h9-11,14-15,19,21H,2-8,12-13,16-17H2,1H3. The van der Waals surface area contributed by atoms with Gasteiger partial charge in [0.05, 0.1) is 0 Å². The fraction of sp³-hybridized carbons (Fsp3) is 0.636. The Morgan fingerprint density at radius 2 is 1.50 bits per heavy atom. The van der Waals surface area contributed by atoms with E-state index >= 15 is 0 Å². The molecule has 1 saturated carbocycles. The average molecular weight is 423 g/mol. The van der Waals surface area contributed by atoms with E-state index in [1.54, 1.807) is 0 Å². The van der Waals surface area contributed by atoms with Gasteiger partial charge in [-0.3, -0.25) is 0 Å². The minimum absolute atomic E-state index is 0.0335. The molecule has 1 aromatic carbocycles. The summed E-state index contributed by atoms with van der Waals surface area (Å²) in [6.45, 7) is 0. The van der Waals surface area contributed by atoms with Gasteiger partial charge in [-0.2, -0.15) is 0 Å². The van der Waals surface area contributed by atoms with Crippen molar-refractivity contribution < 1.29 is 14.3 Å².